The van der Waals surface area contributed by atoms with Gasteiger partial charge in [-0.25, -0.2) is 0 Å². The highest BCUT2D eigenvalue weighted by Crippen LogP contribution is 2.19. The summed E-state index contributed by atoms with van der Waals surface area (Å²) in [7, 11) is 0. The summed E-state index contributed by atoms with van der Waals surface area (Å²) in [6.07, 6.45) is 10.2. The first-order chi connectivity index (χ1) is 8.90. The fourth-order valence-electron chi connectivity index (χ4n) is 2.27. The van der Waals surface area contributed by atoms with E-state index in [0.29, 0.717) is 0 Å². The predicted molar refractivity (Wildman–Crippen MR) is 71.8 cm³/mol. The second-order valence-corrected chi connectivity index (χ2v) is 4.63. The van der Waals surface area contributed by atoms with E-state index in [2.05, 4.69) is 22.4 Å². The predicted octanol–water partition coefficient (Wildman–Crippen LogP) is 3.13. The molecule has 1 atom stereocenters. The van der Waals surface area contributed by atoms with Gasteiger partial charge in [-0.15, -0.1) is 0 Å². The molecule has 18 heavy (non-hydrogen) atoms. The summed E-state index contributed by atoms with van der Waals surface area (Å²) < 4.78 is 0. The van der Waals surface area contributed by atoms with Crippen molar-refractivity contribution in [2.45, 2.75) is 38.1 Å². The average molecular weight is 241 g/mol. The van der Waals surface area contributed by atoms with Crippen LogP contribution in [0.3, 0.4) is 0 Å². The molecule has 1 N–H and O–H groups in total. The van der Waals surface area contributed by atoms with Gasteiger partial charge in [-0.2, -0.15) is 5.26 Å². The highest BCUT2D eigenvalue weighted by Gasteiger charge is 2.10. The van der Waals surface area contributed by atoms with Gasteiger partial charge in [0.1, 0.15) is 6.04 Å². The zero-order valence-electron chi connectivity index (χ0n) is 10.6. The number of nitriles is 1. The van der Waals surface area contributed by atoms with Gasteiger partial charge in [0.15, 0.2) is 0 Å². The highest BCUT2D eigenvalue weighted by molar-refractivity contribution is 5.15. The van der Waals surface area contributed by atoms with E-state index in [1.165, 1.54) is 31.3 Å². The average Bonchev–Trinajstić information content (AvgIpc) is 2.46. The summed E-state index contributed by atoms with van der Waals surface area (Å²) in [5, 5.41) is 12.4. The number of allylic oxidation sites excluding steroid dienone is 1. The van der Waals surface area contributed by atoms with E-state index in [1.807, 2.05) is 18.2 Å². The van der Waals surface area contributed by atoms with Crippen molar-refractivity contribution in [2.75, 3.05) is 6.54 Å². The van der Waals surface area contributed by atoms with Crippen LogP contribution in [-0.2, 0) is 0 Å². The molecule has 1 aromatic rings. The summed E-state index contributed by atoms with van der Waals surface area (Å²) in [5.41, 5.74) is 2.34. The zero-order valence-corrected chi connectivity index (χ0v) is 10.6. The molecule has 1 aliphatic carbocycles. The van der Waals surface area contributed by atoms with Crippen LogP contribution in [0.15, 0.2) is 36.0 Å². The molecule has 2 rings (SSSR count). The molecule has 0 amide bonds. The van der Waals surface area contributed by atoms with Gasteiger partial charge in [0.05, 0.1) is 11.8 Å². The highest BCUT2D eigenvalue weighted by atomic mass is 14.9. The smallest absolute Gasteiger partial charge is 0.138 e. The molecule has 3 heteroatoms. The topological polar surface area (TPSA) is 48.7 Å². The summed E-state index contributed by atoms with van der Waals surface area (Å²) in [6.45, 7) is 0.848. The van der Waals surface area contributed by atoms with Gasteiger partial charge < -0.3 is 0 Å². The first kappa shape index (κ1) is 12.8. The Morgan fingerprint density at radius 3 is 3.00 bits per heavy atom. The van der Waals surface area contributed by atoms with Crippen LogP contribution >= 0.6 is 0 Å². The van der Waals surface area contributed by atoms with Crippen molar-refractivity contribution in [2.24, 2.45) is 0 Å². The van der Waals surface area contributed by atoms with E-state index in [9.17, 15) is 0 Å². The maximum Gasteiger partial charge on any atom is 0.138 e. The normalized spacial score (nSPS) is 16.7. The first-order valence-corrected chi connectivity index (χ1v) is 6.62. The molecular weight excluding hydrogens is 222 g/mol. The van der Waals surface area contributed by atoms with Crippen LogP contribution in [0.1, 0.15) is 43.8 Å². The van der Waals surface area contributed by atoms with E-state index >= 15 is 0 Å². The van der Waals surface area contributed by atoms with E-state index in [1.54, 1.807) is 6.20 Å². The quantitative estimate of drug-likeness (QED) is 0.806. The lowest BCUT2D eigenvalue weighted by Gasteiger charge is -2.14. The van der Waals surface area contributed by atoms with Gasteiger partial charge in [-0.3, -0.25) is 10.3 Å². The number of nitrogens with one attached hydrogen (secondary N) is 1. The molecule has 94 valence electrons. The van der Waals surface area contributed by atoms with E-state index in [4.69, 9.17) is 5.26 Å². The third kappa shape index (κ3) is 3.68. The standard InChI is InChI=1S/C15H19N3/c16-12-15(14-8-4-5-10-17-14)18-11-9-13-6-2-1-3-7-13/h4-6,8,10,15,18H,1-3,7,9,11H2. The number of pyridine rings is 1. The Kier molecular flexibility index (Phi) is 4.92. The van der Waals surface area contributed by atoms with Gasteiger partial charge >= 0.3 is 0 Å². The van der Waals surface area contributed by atoms with Crippen molar-refractivity contribution in [3.63, 3.8) is 0 Å². The number of hydrogen-bond donors (Lipinski definition) is 1. The SMILES string of the molecule is N#CC(NCCC1=CCCCC1)c1ccccn1. The molecular formula is C15H19N3. The molecule has 0 fully saturated rings. The summed E-state index contributed by atoms with van der Waals surface area (Å²) in [5.74, 6) is 0. The van der Waals surface area contributed by atoms with Crippen molar-refractivity contribution < 1.29 is 0 Å². The Morgan fingerprint density at radius 1 is 1.39 bits per heavy atom. The number of rotatable bonds is 5. The third-order valence-electron chi connectivity index (χ3n) is 3.29. The number of nitrogens with zero attached hydrogens (tertiary/aromatic N) is 2. The first-order valence-electron chi connectivity index (χ1n) is 6.62. The van der Waals surface area contributed by atoms with Crippen LogP contribution < -0.4 is 5.32 Å². The molecule has 3 nitrogen and oxygen atoms in total. The van der Waals surface area contributed by atoms with Gasteiger partial charge in [-0.1, -0.05) is 17.7 Å². The fourth-order valence-corrected chi connectivity index (χ4v) is 2.27. The Balaban J connectivity index is 1.81. The van der Waals surface area contributed by atoms with Crippen LogP contribution in [0.25, 0.3) is 0 Å². The summed E-state index contributed by atoms with van der Waals surface area (Å²) in [4.78, 5) is 4.22. The minimum absolute atomic E-state index is 0.296. The Bertz CT molecular complexity index is 431. The molecule has 0 radical (unpaired) electrons. The lowest BCUT2D eigenvalue weighted by atomic mass is 9.97. The van der Waals surface area contributed by atoms with Gasteiger partial charge in [0, 0.05) is 12.7 Å². The lowest BCUT2D eigenvalue weighted by molar-refractivity contribution is 0.593. The fraction of sp³-hybridized carbons (Fsp3) is 0.467. The minimum Gasteiger partial charge on any atom is -0.297 e. The monoisotopic (exact) mass is 241 g/mol. The van der Waals surface area contributed by atoms with Crippen molar-refractivity contribution in [1.82, 2.24) is 10.3 Å². The molecule has 1 aromatic heterocycles. The van der Waals surface area contributed by atoms with Gasteiger partial charge in [-0.05, 0) is 44.2 Å². The number of aromatic nitrogens is 1. The van der Waals surface area contributed by atoms with E-state index in [-0.39, 0.29) is 6.04 Å². The maximum absolute atomic E-state index is 9.15. The van der Waals surface area contributed by atoms with Crippen LogP contribution in [0.4, 0.5) is 0 Å². The zero-order chi connectivity index (χ0) is 12.6. The van der Waals surface area contributed by atoms with E-state index < -0.39 is 0 Å². The van der Waals surface area contributed by atoms with Gasteiger partial charge in [0.2, 0.25) is 0 Å². The molecule has 1 heterocycles. The number of hydrogen-bond acceptors (Lipinski definition) is 3. The van der Waals surface area contributed by atoms with Crippen molar-refractivity contribution >= 4 is 0 Å². The summed E-state index contributed by atoms with van der Waals surface area (Å²) in [6, 6.07) is 7.64. The molecule has 1 aliphatic rings. The van der Waals surface area contributed by atoms with Crippen molar-refractivity contribution in [3.05, 3.63) is 41.7 Å². The van der Waals surface area contributed by atoms with Crippen molar-refractivity contribution in [1.29, 1.82) is 5.26 Å². The van der Waals surface area contributed by atoms with Crippen molar-refractivity contribution in [3.8, 4) is 6.07 Å². The van der Waals surface area contributed by atoms with Crippen LogP contribution in [0.5, 0.6) is 0 Å². The molecule has 0 aliphatic heterocycles. The lowest BCUT2D eigenvalue weighted by Crippen LogP contribution is -2.22. The maximum atomic E-state index is 9.15. The molecule has 0 spiro atoms. The molecule has 0 aromatic carbocycles. The molecule has 0 saturated heterocycles. The third-order valence-corrected chi connectivity index (χ3v) is 3.29. The second kappa shape index (κ2) is 6.93. The largest absolute Gasteiger partial charge is 0.297 e. The minimum atomic E-state index is -0.296. The molecule has 0 saturated carbocycles. The Labute approximate surface area is 109 Å². The van der Waals surface area contributed by atoms with Crippen LogP contribution in [0.2, 0.25) is 0 Å². The molecule has 1 unspecified atom stereocenters. The van der Waals surface area contributed by atoms with Crippen LogP contribution in [0, 0.1) is 11.3 Å². The van der Waals surface area contributed by atoms with Gasteiger partial charge in [0.25, 0.3) is 0 Å². The molecule has 0 bridgehead atoms. The van der Waals surface area contributed by atoms with E-state index in [0.717, 1.165) is 18.7 Å². The summed E-state index contributed by atoms with van der Waals surface area (Å²) >= 11 is 0. The Hall–Kier alpha value is -1.66. The second-order valence-electron chi connectivity index (χ2n) is 4.63. The van der Waals surface area contributed by atoms with Crippen LogP contribution in [-0.4, -0.2) is 11.5 Å². The Morgan fingerprint density at radius 2 is 2.33 bits per heavy atom.